The van der Waals surface area contributed by atoms with E-state index in [0.29, 0.717) is 13.2 Å². The van der Waals surface area contributed by atoms with Gasteiger partial charge in [-0.25, -0.2) is 18.4 Å². The first-order valence-electron chi connectivity index (χ1n) is 7.51. The first-order valence-corrected chi connectivity index (χ1v) is 9.25. The fourth-order valence-corrected chi connectivity index (χ4v) is 4.39. The lowest BCUT2D eigenvalue weighted by Crippen LogP contribution is -2.45. The van der Waals surface area contributed by atoms with Gasteiger partial charge in [0.15, 0.2) is 0 Å². The molecule has 2 heterocycles. The summed E-state index contributed by atoms with van der Waals surface area (Å²) < 4.78 is 27.9. The maximum atomic E-state index is 11.2. The summed E-state index contributed by atoms with van der Waals surface area (Å²) in [6, 6.07) is 2.12. The Hall–Kier alpha value is -0.920. The van der Waals surface area contributed by atoms with Gasteiger partial charge in [-0.1, -0.05) is 6.42 Å². The molecule has 0 N–H and O–H groups in total. The zero-order valence-electron chi connectivity index (χ0n) is 12.5. The van der Waals surface area contributed by atoms with Gasteiger partial charge in [-0.3, -0.25) is 0 Å². The Labute approximate surface area is 136 Å². The lowest BCUT2D eigenvalue weighted by molar-refractivity contribution is 0.0985. The lowest BCUT2D eigenvalue weighted by Gasteiger charge is -2.41. The summed E-state index contributed by atoms with van der Waals surface area (Å²) in [5, 5.41) is 0.179. The van der Waals surface area contributed by atoms with Gasteiger partial charge in [0.25, 0.3) is 0 Å². The minimum atomic E-state index is -2.45. The Kier molecular flexibility index (Phi) is 4.56. The van der Waals surface area contributed by atoms with Gasteiger partial charge in [0.05, 0.1) is 30.7 Å². The van der Waals surface area contributed by atoms with Crippen LogP contribution in [-0.4, -0.2) is 49.9 Å². The molecular formula is C14H20ClN3O3S. The van der Waals surface area contributed by atoms with Gasteiger partial charge in [0, 0.05) is 18.0 Å². The monoisotopic (exact) mass is 345 g/mol. The Bertz CT molecular complexity index is 626. The number of hydrogen-bond acceptors (Lipinski definition) is 6. The molecule has 0 amide bonds. The number of rotatable bonds is 4. The maximum Gasteiger partial charge on any atom is 0.224 e. The van der Waals surface area contributed by atoms with Gasteiger partial charge in [-0.2, -0.15) is 0 Å². The predicted molar refractivity (Wildman–Crippen MR) is 85.4 cm³/mol. The summed E-state index contributed by atoms with van der Waals surface area (Å²) in [6.07, 6.45) is 2.69. The molecule has 1 saturated heterocycles. The number of morpholine rings is 1. The van der Waals surface area contributed by atoms with Gasteiger partial charge in [-0.05, 0) is 31.4 Å². The average Bonchev–Trinajstić information content (AvgIpc) is 2.42. The molecule has 2 fully saturated rings. The van der Waals surface area contributed by atoms with Crippen LogP contribution in [0.2, 0.25) is 5.28 Å². The Morgan fingerprint density at radius 2 is 2.23 bits per heavy atom. The number of halogens is 1. The highest BCUT2D eigenvalue weighted by molar-refractivity contribution is 7.72. The smallest absolute Gasteiger partial charge is 0.224 e. The third-order valence-electron chi connectivity index (χ3n) is 4.63. The molecule has 1 atom stereocenters. The van der Waals surface area contributed by atoms with Crippen LogP contribution < -0.4 is 4.90 Å². The van der Waals surface area contributed by atoms with Crippen molar-refractivity contribution in [1.82, 2.24) is 9.97 Å². The maximum absolute atomic E-state index is 11.2. The van der Waals surface area contributed by atoms with Crippen molar-refractivity contribution in [1.29, 1.82) is 0 Å². The van der Waals surface area contributed by atoms with Crippen LogP contribution in [0, 0.1) is 0 Å². The largest absolute Gasteiger partial charge is 0.377 e. The van der Waals surface area contributed by atoms with E-state index in [9.17, 15) is 8.42 Å². The second kappa shape index (κ2) is 6.29. The van der Waals surface area contributed by atoms with Crippen molar-refractivity contribution in [2.45, 2.75) is 37.6 Å². The van der Waals surface area contributed by atoms with Crippen LogP contribution in [0.5, 0.6) is 0 Å². The number of thiol groups is 1. The first-order chi connectivity index (χ1) is 10.5. The minimum Gasteiger partial charge on any atom is -0.377 e. The molecule has 2 aliphatic rings. The third kappa shape index (κ3) is 3.07. The Morgan fingerprint density at radius 1 is 1.45 bits per heavy atom. The van der Waals surface area contributed by atoms with Crippen LogP contribution in [0.25, 0.3) is 0 Å². The predicted octanol–water partition coefficient (Wildman–Crippen LogP) is 1.39. The molecule has 0 spiro atoms. The molecule has 8 heteroatoms. The first kappa shape index (κ1) is 16.0. The van der Waals surface area contributed by atoms with E-state index >= 15 is 0 Å². The highest BCUT2D eigenvalue weighted by Crippen LogP contribution is 2.44. The van der Waals surface area contributed by atoms with Gasteiger partial charge < -0.3 is 9.64 Å². The van der Waals surface area contributed by atoms with Crippen molar-refractivity contribution in [2.75, 3.05) is 30.4 Å². The molecule has 1 aliphatic carbocycles. The molecule has 1 aromatic rings. The SMILES string of the molecule is C[C@H]1COCCN1c1cc(C2(C[SH](=O)=O)CCC2)nc(Cl)n1. The minimum absolute atomic E-state index is 0.133. The van der Waals surface area contributed by atoms with Crippen LogP contribution >= 0.6 is 11.6 Å². The van der Waals surface area contributed by atoms with Crippen molar-refractivity contribution in [2.24, 2.45) is 0 Å². The molecule has 0 unspecified atom stereocenters. The number of hydrogen-bond donors (Lipinski definition) is 1. The number of nitrogens with zero attached hydrogens (tertiary/aromatic N) is 3. The van der Waals surface area contributed by atoms with Crippen LogP contribution in [0.15, 0.2) is 6.07 Å². The van der Waals surface area contributed by atoms with Gasteiger partial charge in [0.2, 0.25) is 5.28 Å². The molecule has 6 nitrogen and oxygen atoms in total. The zero-order chi connectivity index (χ0) is 15.7. The van der Waals surface area contributed by atoms with E-state index in [0.717, 1.165) is 37.3 Å². The second-order valence-corrected chi connectivity index (χ2v) is 7.44. The summed E-state index contributed by atoms with van der Waals surface area (Å²) in [4.78, 5) is 10.8. The van der Waals surface area contributed by atoms with Crippen molar-refractivity contribution in [3.8, 4) is 0 Å². The van der Waals surface area contributed by atoms with E-state index in [1.165, 1.54) is 0 Å². The molecule has 22 heavy (non-hydrogen) atoms. The van der Waals surface area contributed by atoms with Gasteiger partial charge >= 0.3 is 0 Å². The number of ether oxygens (including phenoxy) is 1. The van der Waals surface area contributed by atoms with Crippen LogP contribution in [0.4, 0.5) is 5.82 Å². The molecule has 1 aliphatic heterocycles. The zero-order valence-corrected chi connectivity index (χ0v) is 14.1. The highest BCUT2D eigenvalue weighted by Gasteiger charge is 2.41. The van der Waals surface area contributed by atoms with Crippen LogP contribution in [0.1, 0.15) is 31.9 Å². The van der Waals surface area contributed by atoms with E-state index in [2.05, 4.69) is 21.8 Å². The van der Waals surface area contributed by atoms with E-state index in [1.54, 1.807) is 0 Å². The fraction of sp³-hybridized carbons (Fsp3) is 0.714. The Morgan fingerprint density at radius 3 is 2.82 bits per heavy atom. The summed E-state index contributed by atoms with van der Waals surface area (Å²) in [5.41, 5.74) is 0.373. The second-order valence-electron chi connectivity index (χ2n) is 6.12. The van der Waals surface area contributed by atoms with E-state index < -0.39 is 10.7 Å². The van der Waals surface area contributed by atoms with Crippen molar-refractivity contribution in [3.05, 3.63) is 17.0 Å². The summed E-state index contributed by atoms with van der Waals surface area (Å²) in [5.74, 6) is 0.895. The molecule has 3 rings (SSSR count). The normalized spacial score (nSPS) is 24.3. The van der Waals surface area contributed by atoms with Crippen LogP contribution in [-0.2, 0) is 20.9 Å². The van der Waals surface area contributed by atoms with E-state index in [-0.39, 0.29) is 22.5 Å². The van der Waals surface area contributed by atoms with Crippen molar-refractivity contribution < 1.29 is 13.2 Å². The molecular weight excluding hydrogens is 326 g/mol. The van der Waals surface area contributed by atoms with Crippen LogP contribution in [0.3, 0.4) is 0 Å². The van der Waals surface area contributed by atoms with Crippen molar-refractivity contribution in [3.63, 3.8) is 0 Å². The molecule has 122 valence electrons. The van der Waals surface area contributed by atoms with E-state index in [1.807, 2.05) is 6.07 Å². The molecule has 1 aromatic heterocycles. The lowest BCUT2D eigenvalue weighted by atomic mass is 9.68. The standard InChI is InChI=1S/C14H20ClN3O3S/c1-10-8-21-6-5-18(10)12-7-11(16-13(15)17-12)14(3-2-4-14)9-22(19)20/h7,10,22H,2-6,8-9H2,1H3/t10-/m0/s1. The summed E-state index contributed by atoms with van der Waals surface area (Å²) in [7, 11) is -2.45. The number of aromatic nitrogens is 2. The molecule has 1 saturated carbocycles. The summed E-state index contributed by atoms with van der Waals surface area (Å²) in [6.45, 7) is 4.12. The fourth-order valence-electron chi connectivity index (χ4n) is 3.24. The molecule has 0 radical (unpaired) electrons. The quantitative estimate of drug-likeness (QED) is 0.656. The van der Waals surface area contributed by atoms with Crippen molar-refractivity contribution >= 4 is 28.1 Å². The molecule has 0 aromatic carbocycles. The molecule has 0 bridgehead atoms. The highest BCUT2D eigenvalue weighted by atomic mass is 35.5. The third-order valence-corrected chi connectivity index (χ3v) is 5.67. The van der Waals surface area contributed by atoms with Gasteiger partial charge in [-0.15, -0.1) is 0 Å². The summed E-state index contributed by atoms with van der Waals surface area (Å²) >= 11 is 6.11. The average molecular weight is 346 g/mol. The Balaban J connectivity index is 1.95. The topological polar surface area (TPSA) is 72.4 Å². The van der Waals surface area contributed by atoms with E-state index in [4.69, 9.17) is 16.3 Å². The number of anilines is 1. The van der Waals surface area contributed by atoms with Gasteiger partial charge in [0.1, 0.15) is 16.5 Å².